The number of hydrogen-bond donors (Lipinski definition) is 1. The van der Waals surface area contributed by atoms with Crippen LogP contribution in [-0.4, -0.2) is 45.6 Å². The Bertz CT molecular complexity index is 1230. The number of aryl methyl sites for hydroxylation is 2. The first-order chi connectivity index (χ1) is 16.3. The van der Waals surface area contributed by atoms with Crippen molar-refractivity contribution < 1.29 is 19.1 Å². The van der Waals surface area contributed by atoms with Crippen LogP contribution < -0.4 is 5.32 Å². The Hall–Kier alpha value is -3.94. The summed E-state index contributed by atoms with van der Waals surface area (Å²) >= 11 is 0. The van der Waals surface area contributed by atoms with Gasteiger partial charge in [0, 0.05) is 19.5 Å². The van der Waals surface area contributed by atoms with Crippen molar-refractivity contribution in [2.45, 2.75) is 40.2 Å². The van der Waals surface area contributed by atoms with Gasteiger partial charge in [-0.1, -0.05) is 29.8 Å². The lowest BCUT2D eigenvalue weighted by atomic mass is 10.1. The Balaban J connectivity index is 1.36. The molecule has 34 heavy (non-hydrogen) atoms. The molecular weight excluding hydrogens is 432 g/mol. The molecule has 0 saturated carbocycles. The number of rotatable bonds is 7. The van der Waals surface area contributed by atoms with E-state index in [1.165, 1.54) is 0 Å². The number of carbonyl (C=O) groups is 3. The molecule has 0 spiro atoms. The smallest absolute Gasteiger partial charge is 0.338 e. The molecule has 0 aliphatic carbocycles. The second kappa shape index (κ2) is 9.91. The van der Waals surface area contributed by atoms with Gasteiger partial charge in [0.15, 0.2) is 6.61 Å². The van der Waals surface area contributed by atoms with E-state index in [1.54, 1.807) is 27.8 Å². The largest absolute Gasteiger partial charge is 0.452 e. The Morgan fingerprint density at radius 1 is 1.09 bits per heavy atom. The summed E-state index contributed by atoms with van der Waals surface area (Å²) in [6, 6.07) is 14.9. The molecule has 0 bridgehead atoms. The van der Waals surface area contributed by atoms with Crippen molar-refractivity contribution in [3.05, 3.63) is 76.6 Å². The SMILES string of the molecule is Cc1ccc(-n2nc(C)c(NC(=O)COC(=O)c3cccc(CN4CCCC4=O)c3)c2C)cc1. The normalized spacial score (nSPS) is 13.3. The zero-order chi connectivity index (χ0) is 24.2. The summed E-state index contributed by atoms with van der Waals surface area (Å²) in [5.74, 6) is -0.906. The highest BCUT2D eigenvalue weighted by molar-refractivity contribution is 5.96. The second-order valence-corrected chi connectivity index (χ2v) is 8.54. The number of benzene rings is 2. The number of likely N-dealkylation sites (tertiary alicyclic amines) is 1. The highest BCUT2D eigenvalue weighted by Gasteiger charge is 2.21. The average Bonchev–Trinajstić information content (AvgIpc) is 3.35. The predicted molar refractivity (Wildman–Crippen MR) is 128 cm³/mol. The van der Waals surface area contributed by atoms with E-state index < -0.39 is 18.5 Å². The molecule has 1 aliphatic rings. The molecule has 0 unspecified atom stereocenters. The first-order valence-corrected chi connectivity index (χ1v) is 11.3. The number of carbonyl (C=O) groups excluding carboxylic acids is 3. The number of aromatic nitrogens is 2. The van der Waals surface area contributed by atoms with Gasteiger partial charge in [0.1, 0.15) is 0 Å². The number of hydrogen-bond acceptors (Lipinski definition) is 5. The summed E-state index contributed by atoms with van der Waals surface area (Å²) in [6.45, 7) is 6.48. The molecule has 2 heterocycles. The van der Waals surface area contributed by atoms with Gasteiger partial charge in [-0.2, -0.15) is 5.10 Å². The van der Waals surface area contributed by atoms with E-state index in [4.69, 9.17) is 4.74 Å². The molecule has 176 valence electrons. The van der Waals surface area contributed by atoms with Crippen LogP contribution in [0.2, 0.25) is 0 Å². The van der Waals surface area contributed by atoms with Gasteiger partial charge in [0.2, 0.25) is 5.91 Å². The van der Waals surface area contributed by atoms with Crippen molar-refractivity contribution in [2.24, 2.45) is 0 Å². The summed E-state index contributed by atoms with van der Waals surface area (Å²) in [4.78, 5) is 38.6. The number of nitrogens with zero attached hydrogens (tertiary/aromatic N) is 3. The summed E-state index contributed by atoms with van der Waals surface area (Å²) < 4.78 is 7.00. The summed E-state index contributed by atoms with van der Waals surface area (Å²) in [6.07, 6.45) is 1.43. The zero-order valence-electron chi connectivity index (χ0n) is 19.6. The minimum absolute atomic E-state index is 0.126. The molecule has 0 radical (unpaired) electrons. The van der Waals surface area contributed by atoms with Crippen molar-refractivity contribution in [3.8, 4) is 5.69 Å². The maximum atomic E-state index is 12.5. The van der Waals surface area contributed by atoms with E-state index in [2.05, 4.69) is 10.4 Å². The Kier molecular flexibility index (Phi) is 6.77. The van der Waals surface area contributed by atoms with Gasteiger partial charge in [-0.05, 0) is 57.0 Å². The Morgan fingerprint density at radius 3 is 2.56 bits per heavy atom. The molecule has 2 amide bonds. The van der Waals surface area contributed by atoms with E-state index in [0.29, 0.717) is 29.9 Å². The van der Waals surface area contributed by atoms with Gasteiger partial charge in [0.05, 0.1) is 28.3 Å². The van der Waals surface area contributed by atoms with Gasteiger partial charge in [0.25, 0.3) is 5.91 Å². The monoisotopic (exact) mass is 460 g/mol. The second-order valence-electron chi connectivity index (χ2n) is 8.54. The molecule has 8 heteroatoms. The van der Waals surface area contributed by atoms with Crippen molar-refractivity contribution in [3.63, 3.8) is 0 Å². The van der Waals surface area contributed by atoms with E-state index in [9.17, 15) is 14.4 Å². The first-order valence-electron chi connectivity index (χ1n) is 11.3. The van der Waals surface area contributed by atoms with Crippen molar-refractivity contribution in [1.29, 1.82) is 0 Å². The highest BCUT2D eigenvalue weighted by Crippen LogP contribution is 2.23. The first kappa shape index (κ1) is 23.2. The van der Waals surface area contributed by atoms with Crippen LogP contribution in [0.5, 0.6) is 0 Å². The lowest BCUT2D eigenvalue weighted by molar-refractivity contribution is -0.128. The van der Waals surface area contributed by atoms with Gasteiger partial charge < -0.3 is 15.0 Å². The average molecular weight is 461 g/mol. The zero-order valence-corrected chi connectivity index (χ0v) is 19.6. The minimum atomic E-state index is -0.589. The van der Waals surface area contributed by atoms with Crippen LogP contribution in [0.15, 0.2) is 48.5 Å². The number of esters is 1. The summed E-state index contributed by atoms with van der Waals surface area (Å²) in [5, 5.41) is 7.34. The third-order valence-electron chi connectivity index (χ3n) is 5.88. The highest BCUT2D eigenvalue weighted by atomic mass is 16.5. The lowest BCUT2D eigenvalue weighted by Crippen LogP contribution is -2.24. The number of nitrogens with one attached hydrogen (secondary N) is 1. The minimum Gasteiger partial charge on any atom is -0.452 e. The summed E-state index contributed by atoms with van der Waals surface area (Å²) in [7, 11) is 0. The van der Waals surface area contributed by atoms with Crippen LogP contribution in [0.1, 0.15) is 45.7 Å². The van der Waals surface area contributed by atoms with Crippen molar-refractivity contribution >= 4 is 23.5 Å². The number of amides is 2. The van der Waals surface area contributed by atoms with E-state index in [0.717, 1.165) is 35.5 Å². The molecule has 1 aromatic heterocycles. The van der Waals surface area contributed by atoms with E-state index in [-0.39, 0.29) is 5.91 Å². The molecule has 4 rings (SSSR count). The summed E-state index contributed by atoms with van der Waals surface area (Å²) in [5.41, 5.74) is 5.29. The van der Waals surface area contributed by atoms with Crippen LogP contribution in [0.25, 0.3) is 5.69 Å². The fourth-order valence-corrected chi connectivity index (χ4v) is 4.04. The van der Waals surface area contributed by atoms with E-state index >= 15 is 0 Å². The van der Waals surface area contributed by atoms with Crippen LogP contribution >= 0.6 is 0 Å². The fourth-order valence-electron chi connectivity index (χ4n) is 4.04. The molecule has 3 aromatic rings. The Morgan fingerprint density at radius 2 is 1.85 bits per heavy atom. The maximum absolute atomic E-state index is 12.5. The number of ether oxygens (including phenoxy) is 1. The maximum Gasteiger partial charge on any atom is 0.338 e. The quantitative estimate of drug-likeness (QED) is 0.543. The van der Waals surface area contributed by atoms with Gasteiger partial charge >= 0.3 is 5.97 Å². The molecular formula is C26H28N4O4. The number of anilines is 1. The molecule has 1 N–H and O–H groups in total. The predicted octanol–water partition coefficient (Wildman–Crippen LogP) is 3.72. The molecule has 1 fully saturated rings. The molecule has 0 atom stereocenters. The Labute approximate surface area is 198 Å². The van der Waals surface area contributed by atoms with Gasteiger partial charge in [-0.3, -0.25) is 9.59 Å². The van der Waals surface area contributed by atoms with Crippen molar-refractivity contribution in [2.75, 3.05) is 18.5 Å². The molecule has 1 aliphatic heterocycles. The standard InChI is InChI=1S/C26H28N4O4/c1-17-9-11-22(12-10-17)30-19(3)25(18(2)28-30)27-23(31)16-34-26(33)21-7-4-6-20(14-21)15-29-13-5-8-24(29)32/h4,6-7,9-12,14H,5,8,13,15-16H2,1-3H3,(H,27,31). The van der Waals surface area contributed by atoms with Crippen LogP contribution in [-0.2, 0) is 20.9 Å². The topological polar surface area (TPSA) is 93.5 Å². The third kappa shape index (κ3) is 5.17. The lowest BCUT2D eigenvalue weighted by Gasteiger charge is -2.15. The van der Waals surface area contributed by atoms with Crippen LogP contribution in [0.3, 0.4) is 0 Å². The molecule has 1 saturated heterocycles. The fraction of sp³-hybridized carbons (Fsp3) is 0.308. The molecule has 2 aromatic carbocycles. The third-order valence-corrected chi connectivity index (χ3v) is 5.88. The van der Waals surface area contributed by atoms with Gasteiger partial charge in [-0.15, -0.1) is 0 Å². The van der Waals surface area contributed by atoms with Crippen LogP contribution in [0, 0.1) is 20.8 Å². The van der Waals surface area contributed by atoms with Crippen molar-refractivity contribution in [1.82, 2.24) is 14.7 Å². The molecule has 8 nitrogen and oxygen atoms in total. The van der Waals surface area contributed by atoms with Crippen LogP contribution in [0.4, 0.5) is 5.69 Å². The van der Waals surface area contributed by atoms with Gasteiger partial charge in [-0.25, -0.2) is 9.48 Å². The van der Waals surface area contributed by atoms with E-state index in [1.807, 2.05) is 51.1 Å².